The molecule has 29 heavy (non-hydrogen) atoms. The van der Waals surface area contributed by atoms with Gasteiger partial charge in [-0.25, -0.2) is 4.39 Å². The number of carbonyl (C=O) groups excluding carboxylic acids is 3. The van der Waals surface area contributed by atoms with Gasteiger partial charge < -0.3 is 19.0 Å². The molecule has 1 amide bonds. The molecular weight excluding hydrogens is 379 g/mol. The van der Waals surface area contributed by atoms with Gasteiger partial charge in [0, 0.05) is 0 Å². The maximum atomic E-state index is 13.4. The van der Waals surface area contributed by atoms with Crippen LogP contribution < -0.4 is 4.90 Å². The first-order chi connectivity index (χ1) is 14.1. The molecule has 2 saturated heterocycles. The number of carbonyl (C=O) groups is 3. The van der Waals surface area contributed by atoms with E-state index in [0.29, 0.717) is 31.9 Å². The first kappa shape index (κ1) is 19.5. The number of hydrogen-bond donors (Lipinski definition) is 1. The second kappa shape index (κ2) is 8.26. The molecule has 3 heterocycles. The number of benzene rings is 1. The van der Waals surface area contributed by atoms with Crippen LogP contribution in [0.2, 0.25) is 0 Å². The summed E-state index contributed by atoms with van der Waals surface area (Å²) in [6.07, 6.45) is 1.35. The van der Waals surface area contributed by atoms with Crippen molar-refractivity contribution in [1.82, 2.24) is 4.90 Å². The molecule has 2 aromatic rings. The van der Waals surface area contributed by atoms with Crippen LogP contribution in [0.4, 0.5) is 4.39 Å². The van der Waals surface area contributed by atoms with E-state index in [-0.39, 0.29) is 5.76 Å². The Bertz CT molecular complexity index is 890. The molecule has 2 fully saturated rings. The fourth-order valence-corrected chi connectivity index (χ4v) is 4.02. The van der Waals surface area contributed by atoms with Gasteiger partial charge in [0.15, 0.2) is 5.76 Å². The molecule has 8 heteroatoms. The Balaban J connectivity index is 1.64. The van der Waals surface area contributed by atoms with Crippen molar-refractivity contribution in [2.75, 3.05) is 39.4 Å². The van der Waals surface area contributed by atoms with Crippen molar-refractivity contribution in [1.29, 1.82) is 0 Å². The molecule has 4 rings (SSSR count). The van der Waals surface area contributed by atoms with Gasteiger partial charge in [-0.3, -0.25) is 14.4 Å². The Morgan fingerprint density at radius 3 is 2.52 bits per heavy atom. The molecule has 1 aromatic heterocycles. The number of halogens is 1. The van der Waals surface area contributed by atoms with Crippen LogP contribution in [0, 0.1) is 11.7 Å². The number of furan rings is 1. The van der Waals surface area contributed by atoms with E-state index in [4.69, 9.17) is 9.15 Å². The van der Waals surface area contributed by atoms with E-state index >= 15 is 0 Å². The molecule has 0 saturated carbocycles. The fourth-order valence-electron chi connectivity index (χ4n) is 4.02. The average Bonchev–Trinajstić information content (AvgIpc) is 3.36. The SMILES string of the molecule is O=C1C(=O)N(CC[NH+]2CCOCC2)C(c2ccc(F)cc2)C1C(=O)c1ccco1. The quantitative estimate of drug-likeness (QED) is 0.427. The Labute approximate surface area is 167 Å². The lowest BCUT2D eigenvalue weighted by Crippen LogP contribution is -3.14. The van der Waals surface area contributed by atoms with E-state index in [9.17, 15) is 18.8 Å². The number of morpholine rings is 1. The van der Waals surface area contributed by atoms with E-state index in [0.717, 1.165) is 13.1 Å². The number of likely N-dealkylation sites (tertiary alicyclic amines) is 1. The van der Waals surface area contributed by atoms with Crippen molar-refractivity contribution in [3.63, 3.8) is 0 Å². The Kier molecular flexibility index (Phi) is 5.55. The van der Waals surface area contributed by atoms with E-state index in [2.05, 4.69) is 0 Å². The summed E-state index contributed by atoms with van der Waals surface area (Å²) in [6, 6.07) is 7.81. The van der Waals surface area contributed by atoms with E-state index < -0.39 is 35.3 Å². The summed E-state index contributed by atoms with van der Waals surface area (Å²) in [7, 11) is 0. The standard InChI is InChI=1S/C21H21FN2O5/c22-15-5-3-14(4-6-15)18-17(19(25)16-2-1-11-29-16)20(26)21(27)24(18)8-7-23-9-12-28-13-10-23/h1-6,11,17-18H,7-10,12-13H2/p+1. The molecule has 1 aromatic carbocycles. The van der Waals surface area contributed by atoms with Crippen LogP contribution in [-0.4, -0.2) is 61.8 Å². The van der Waals surface area contributed by atoms with Gasteiger partial charge in [-0.1, -0.05) is 12.1 Å². The predicted molar refractivity (Wildman–Crippen MR) is 98.8 cm³/mol. The molecule has 2 aliphatic rings. The molecule has 2 aliphatic heterocycles. The van der Waals surface area contributed by atoms with E-state index in [1.165, 1.54) is 46.4 Å². The van der Waals surface area contributed by atoms with Gasteiger partial charge in [0.25, 0.3) is 5.91 Å². The van der Waals surface area contributed by atoms with Crippen LogP contribution in [-0.2, 0) is 14.3 Å². The summed E-state index contributed by atoms with van der Waals surface area (Å²) >= 11 is 0. The Morgan fingerprint density at radius 1 is 1.14 bits per heavy atom. The van der Waals surface area contributed by atoms with Gasteiger partial charge >= 0.3 is 0 Å². The molecule has 2 unspecified atom stereocenters. The van der Waals surface area contributed by atoms with Gasteiger partial charge in [0.1, 0.15) is 24.8 Å². The number of nitrogens with zero attached hydrogens (tertiary/aromatic N) is 1. The number of hydrogen-bond acceptors (Lipinski definition) is 5. The fraction of sp³-hybridized carbons (Fsp3) is 0.381. The minimum Gasteiger partial charge on any atom is -0.461 e. The zero-order chi connectivity index (χ0) is 20.4. The summed E-state index contributed by atoms with van der Waals surface area (Å²) in [5.41, 5.74) is 0.549. The monoisotopic (exact) mass is 401 g/mol. The maximum absolute atomic E-state index is 13.4. The third-order valence-electron chi connectivity index (χ3n) is 5.57. The smallest absolute Gasteiger partial charge is 0.291 e. The number of ether oxygens (including phenoxy) is 1. The first-order valence-corrected chi connectivity index (χ1v) is 9.65. The number of nitrogens with one attached hydrogen (secondary N) is 1. The number of Topliss-reactive ketones (excluding diaryl/α,β-unsaturated/α-hetero) is 2. The van der Waals surface area contributed by atoms with E-state index in [1.54, 1.807) is 6.07 Å². The second-order valence-corrected chi connectivity index (χ2v) is 7.29. The molecule has 1 N–H and O–H groups in total. The van der Waals surface area contributed by atoms with Gasteiger partial charge in [-0.2, -0.15) is 0 Å². The zero-order valence-corrected chi connectivity index (χ0v) is 15.8. The lowest BCUT2D eigenvalue weighted by molar-refractivity contribution is -0.907. The summed E-state index contributed by atoms with van der Waals surface area (Å²) < 4.78 is 24.0. The van der Waals surface area contributed by atoms with Crippen LogP contribution in [0.5, 0.6) is 0 Å². The van der Waals surface area contributed by atoms with Crippen LogP contribution >= 0.6 is 0 Å². The average molecular weight is 401 g/mol. The number of amides is 1. The number of quaternary nitrogens is 1. The Morgan fingerprint density at radius 2 is 1.86 bits per heavy atom. The summed E-state index contributed by atoms with van der Waals surface area (Å²) in [4.78, 5) is 41.3. The highest BCUT2D eigenvalue weighted by molar-refractivity contribution is 6.43. The van der Waals surface area contributed by atoms with Crippen molar-refractivity contribution in [2.24, 2.45) is 5.92 Å². The molecule has 0 bridgehead atoms. The lowest BCUT2D eigenvalue weighted by atomic mass is 9.88. The number of ketones is 2. The third-order valence-corrected chi connectivity index (χ3v) is 5.57. The highest BCUT2D eigenvalue weighted by Crippen LogP contribution is 2.38. The largest absolute Gasteiger partial charge is 0.461 e. The van der Waals surface area contributed by atoms with E-state index in [1.807, 2.05) is 0 Å². The number of rotatable bonds is 6. The van der Waals surface area contributed by atoms with Crippen LogP contribution in [0.15, 0.2) is 47.1 Å². The molecule has 152 valence electrons. The zero-order valence-electron chi connectivity index (χ0n) is 15.8. The molecular formula is C21H22FN2O5+. The normalized spacial score (nSPS) is 23.0. The van der Waals surface area contributed by atoms with Gasteiger partial charge in [-0.15, -0.1) is 0 Å². The highest BCUT2D eigenvalue weighted by atomic mass is 19.1. The molecule has 0 aliphatic carbocycles. The van der Waals surface area contributed by atoms with Gasteiger partial charge in [0.2, 0.25) is 11.6 Å². The minimum atomic E-state index is -1.21. The van der Waals surface area contributed by atoms with Crippen LogP contribution in [0.25, 0.3) is 0 Å². The second-order valence-electron chi connectivity index (χ2n) is 7.29. The molecule has 0 radical (unpaired) electrons. The van der Waals surface area contributed by atoms with Crippen molar-refractivity contribution < 1.29 is 32.8 Å². The Hall–Kier alpha value is -2.84. The lowest BCUT2D eigenvalue weighted by Gasteiger charge is -2.30. The predicted octanol–water partition coefficient (Wildman–Crippen LogP) is 0.285. The van der Waals surface area contributed by atoms with Crippen molar-refractivity contribution >= 4 is 17.5 Å². The highest BCUT2D eigenvalue weighted by Gasteiger charge is 2.52. The summed E-state index contributed by atoms with van der Waals surface area (Å²) in [6.45, 7) is 3.93. The topological polar surface area (TPSA) is 81.3 Å². The first-order valence-electron chi connectivity index (χ1n) is 9.65. The summed E-state index contributed by atoms with van der Waals surface area (Å²) in [5, 5.41) is 0. The van der Waals surface area contributed by atoms with Gasteiger partial charge in [-0.05, 0) is 29.8 Å². The van der Waals surface area contributed by atoms with Crippen molar-refractivity contribution in [3.05, 3.63) is 59.8 Å². The third kappa shape index (κ3) is 3.86. The van der Waals surface area contributed by atoms with Crippen LogP contribution in [0.1, 0.15) is 22.2 Å². The van der Waals surface area contributed by atoms with Crippen molar-refractivity contribution in [3.8, 4) is 0 Å². The summed E-state index contributed by atoms with van der Waals surface area (Å²) in [5.74, 6) is -3.58. The molecule has 0 spiro atoms. The molecule has 7 nitrogen and oxygen atoms in total. The molecule has 2 atom stereocenters. The van der Waals surface area contributed by atoms with Gasteiger partial charge in [0.05, 0.1) is 38.6 Å². The maximum Gasteiger partial charge on any atom is 0.291 e. The van der Waals surface area contributed by atoms with Crippen molar-refractivity contribution in [2.45, 2.75) is 6.04 Å². The minimum absolute atomic E-state index is 0.0314. The van der Waals surface area contributed by atoms with Crippen LogP contribution in [0.3, 0.4) is 0 Å².